The van der Waals surface area contributed by atoms with Gasteiger partial charge in [0.15, 0.2) is 0 Å². The van der Waals surface area contributed by atoms with Gasteiger partial charge in [-0.3, -0.25) is 14.6 Å². The monoisotopic (exact) mass is 276 g/mol. The summed E-state index contributed by atoms with van der Waals surface area (Å²) in [6.07, 6.45) is 1.06. The van der Waals surface area contributed by atoms with E-state index in [0.717, 1.165) is 0 Å². The molecule has 2 amide bonds. The number of amidine groups is 1. The lowest BCUT2D eigenvalue weighted by Crippen LogP contribution is -2.44. The van der Waals surface area contributed by atoms with Crippen LogP contribution < -0.4 is 16.8 Å². The first-order chi connectivity index (χ1) is 9.50. The van der Waals surface area contributed by atoms with Crippen LogP contribution in [0.1, 0.15) is 30.1 Å². The number of nitrogens with two attached hydrogens (primary N) is 2. The van der Waals surface area contributed by atoms with Gasteiger partial charge in [-0.25, -0.2) is 0 Å². The van der Waals surface area contributed by atoms with Crippen molar-refractivity contribution in [2.24, 2.45) is 16.5 Å². The molecular formula is C14H20N4O2. The van der Waals surface area contributed by atoms with Crippen LogP contribution >= 0.6 is 0 Å². The topological polar surface area (TPSA) is 111 Å². The lowest BCUT2D eigenvalue weighted by atomic mass is 10.1. The van der Waals surface area contributed by atoms with Crippen LogP contribution in [0.2, 0.25) is 0 Å². The number of carbonyl (C=O) groups is 2. The number of rotatable bonds is 7. The van der Waals surface area contributed by atoms with Crippen molar-refractivity contribution < 1.29 is 9.59 Å². The molecule has 1 unspecified atom stereocenters. The number of primary amides is 1. The van der Waals surface area contributed by atoms with Crippen LogP contribution in [0.25, 0.3) is 0 Å². The maximum Gasteiger partial charge on any atom is 0.251 e. The molecule has 0 heterocycles. The SMILES string of the molecule is CC(N)=NCCCC(NC(=O)c1ccccc1)C(N)=O. The van der Waals surface area contributed by atoms with E-state index in [0.29, 0.717) is 30.8 Å². The Bertz CT molecular complexity index is 481. The van der Waals surface area contributed by atoms with Crippen LogP contribution in [0, 0.1) is 0 Å². The molecule has 1 aromatic rings. The summed E-state index contributed by atoms with van der Waals surface area (Å²) in [6.45, 7) is 2.20. The minimum Gasteiger partial charge on any atom is -0.388 e. The lowest BCUT2D eigenvalue weighted by molar-refractivity contribution is -0.120. The quantitative estimate of drug-likeness (QED) is 0.381. The van der Waals surface area contributed by atoms with Crippen molar-refractivity contribution in [3.63, 3.8) is 0 Å². The van der Waals surface area contributed by atoms with Crippen molar-refractivity contribution in [2.45, 2.75) is 25.8 Å². The average Bonchev–Trinajstić information content (AvgIpc) is 2.42. The van der Waals surface area contributed by atoms with Crippen molar-refractivity contribution in [3.05, 3.63) is 35.9 Å². The molecule has 1 rings (SSSR count). The first-order valence-electron chi connectivity index (χ1n) is 6.42. The van der Waals surface area contributed by atoms with E-state index in [1.807, 2.05) is 6.07 Å². The number of amides is 2. The predicted molar refractivity (Wildman–Crippen MR) is 78.3 cm³/mol. The molecule has 0 fully saturated rings. The van der Waals surface area contributed by atoms with Gasteiger partial charge in [-0.2, -0.15) is 0 Å². The zero-order chi connectivity index (χ0) is 15.0. The summed E-state index contributed by atoms with van der Waals surface area (Å²) in [5, 5.41) is 2.63. The Kier molecular flexibility index (Phi) is 6.22. The minimum atomic E-state index is -0.698. The Labute approximate surface area is 118 Å². The number of nitrogens with zero attached hydrogens (tertiary/aromatic N) is 1. The predicted octanol–water partition coefficient (Wildman–Crippen LogP) is 0.428. The number of benzene rings is 1. The molecule has 0 bridgehead atoms. The van der Waals surface area contributed by atoms with Gasteiger partial charge in [0.2, 0.25) is 5.91 Å². The third kappa shape index (κ3) is 5.51. The van der Waals surface area contributed by atoms with Crippen molar-refractivity contribution in [3.8, 4) is 0 Å². The van der Waals surface area contributed by atoms with E-state index in [-0.39, 0.29) is 5.91 Å². The Balaban J connectivity index is 2.53. The highest BCUT2D eigenvalue weighted by atomic mass is 16.2. The fourth-order valence-corrected chi connectivity index (χ4v) is 1.67. The molecule has 0 spiro atoms. The summed E-state index contributed by atoms with van der Waals surface area (Å²) >= 11 is 0. The van der Waals surface area contributed by atoms with Crippen molar-refractivity contribution >= 4 is 17.6 Å². The molecule has 20 heavy (non-hydrogen) atoms. The Morgan fingerprint density at radius 2 is 1.90 bits per heavy atom. The zero-order valence-electron chi connectivity index (χ0n) is 11.5. The van der Waals surface area contributed by atoms with Gasteiger partial charge in [-0.1, -0.05) is 18.2 Å². The van der Waals surface area contributed by atoms with Crippen LogP contribution in [0.3, 0.4) is 0 Å². The summed E-state index contributed by atoms with van der Waals surface area (Å²) in [5.41, 5.74) is 11.2. The maximum absolute atomic E-state index is 11.9. The van der Waals surface area contributed by atoms with Crippen LogP contribution in [-0.4, -0.2) is 30.2 Å². The molecule has 6 nitrogen and oxygen atoms in total. The first-order valence-corrected chi connectivity index (χ1v) is 6.42. The van der Waals surface area contributed by atoms with E-state index in [1.54, 1.807) is 31.2 Å². The molecular weight excluding hydrogens is 256 g/mol. The van der Waals surface area contributed by atoms with E-state index >= 15 is 0 Å². The molecule has 1 aromatic carbocycles. The third-order valence-corrected chi connectivity index (χ3v) is 2.70. The van der Waals surface area contributed by atoms with Gasteiger partial charge in [0.05, 0.1) is 5.84 Å². The van der Waals surface area contributed by atoms with Gasteiger partial charge in [-0.15, -0.1) is 0 Å². The average molecular weight is 276 g/mol. The van der Waals surface area contributed by atoms with Crippen LogP contribution in [0.15, 0.2) is 35.3 Å². The highest BCUT2D eigenvalue weighted by Crippen LogP contribution is 2.02. The molecule has 0 aromatic heterocycles. The van der Waals surface area contributed by atoms with E-state index in [2.05, 4.69) is 10.3 Å². The Morgan fingerprint density at radius 1 is 1.25 bits per heavy atom. The van der Waals surface area contributed by atoms with Gasteiger partial charge in [0, 0.05) is 12.1 Å². The van der Waals surface area contributed by atoms with Gasteiger partial charge >= 0.3 is 0 Å². The molecule has 108 valence electrons. The summed E-state index contributed by atoms with van der Waals surface area (Å²) in [5.74, 6) is -0.371. The van der Waals surface area contributed by atoms with Crippen molar-refractivity contribution in [1.82, 2.24) is 5.32 Å². The molecule has 1 atom stereocenters. The second-order valence-corrected chi connectivity index (χ2v) is 4.46. The number of carbonyl (C=O) groups excluding carboxylic acids is 2. The summed E-state index contributed by atoms with van der Waals surface area (Å²) < 4.78 is 0. The second-order valence-electron chi connectivity index (χ2n) is 4.46. The molecule has 5 N–H and O–H groups in total. The summed E-state index contributed by atoms with van der Waals surface area (Å²) in [4.78, 5) is 27.3. The number of nitrogens with one attached hydrogen (secondary N) is 1. The summed E-state index contributed by atoms with van der Waals surface area (Å²) in [6, 6.07) is 7.98. The Morgan fingerprint density at radius 3 is 2.45 bits per heavy atom. The van der Waals surface area contributed by atoms with Gasteiger partial charge in [0.25, 0.3) is 5.91 Å². The van der Waals surface area contributed by atoms with Gasteiger partial charge < -0.3 is 16.8 Å². The van der Waals surface area contributed by atoms with E-state index < -0.39 is 11.9 Å². The van der Waals surface area contributed by atoms with Crippen LogP contribution in [0.4, 0.5) is 0 Å². The highest BCUT2D eigenvalue weighted by molar-refractivity contribution is 5.97. The third-order valence-electron chi connectivity index (χ3n) is 2.70. The number of hydrogen-bond donors (Lipinski definition) is 3. The first kappa shape index (κ1) is 15.7. The fourth-order valence-electron chi connectivity index (χ4n) is 1.67. The minimum absolute atomic E-state index is 0.312. The van der Waals surface area contributed by atoms with Crippen LogP contribution in [-0.2, 0) is 4.79 Å². The standard InChI is InChI=1S/C14H20N4O2/c1-10(15)17-9-5-8-12(13(16)19)18-14(20)11-6-3-2-4-7-11/h2-4,6-7,12H,5,8-9H2,1H3,(H2,15,17)(H2,16,19)(H,18,20). The Hall–Kier alpha value is -2.37. The second kappa shape index (κ2) is 7.93. The molecule has 0 aliphatic heterocycles. The van der Waals surface area contributed by atoms with Gasteiger partial charge in [-0.05, 0) is 31.9 Å². The normalized spacial score (nSPS) is 12.8. The maximum atomic E-state index is 11.9. The van der Waals surface area contributed by atoms with E-state index in [4.69, 9.17) is 11.5 Å². The number of aliphatic imine (C=N–C) groups is 1. The largest absolute Gasteiger partial charge is 0.388 e. The van der Waals surface area contributed by atoms with Crippen LogP contribution in [0.5, 0.6) is 0 Å². The molecule has 0 radical (unpaired) electrons. The molecule has 0 aliphatic carbocycles. The lowest BCUT2D eigenvalue weighted by Gasteiger charge is -2.15. The van der Waals surface area contributed by atoms with Gasteiger partial charge in [0.1, 0.15) is 6.04 Å². The molecule has 6 heteroatoms. The number of hydrogen-bond acceptors (Lipinski definition) is 3. The smallest absolute Gasteiger partial charge is 0.251 e. The molecule has 0 saturated heterocycles. The molecule has 0 aliphatic rings. The summed E-state index contributed by atoms with van der Waals surface area (Å²) in [7, 11) is 0. The van der Waals surface area contributed by atoms with E-state index in [1.165, 1.54) is 0 Å². The van der Waals surface area contributed by atoms with E-state index in [9.17, 15) is 9.59 Å². The van der Waals surface area contributed by atoms with Crippen molar-refractivity contribution in [1.29, 1.82) is 0 Å². The highest BCUT2D eigenvalue weighted by Gasteiger charge is 2.18. The molecule has 0 saturated carbocycles. The zero-order valence-corrected chi connectivity index (χ0v) is 11.5. The fraction of sp³-hybridized carbons (Fsp3) is 0.357. The van der Waals surface area contributed by atoms with Crippen molar-refractivity contribution in [2.75, 3.05) is 6.54 Å².